The van der Waals surface area contributed by atoms with Gasteiger partial charge < -0.3 is 15.2 Å². The maximum absolute atomic E-state index is 12.2. The van der Waals surface area contributed by atoms with E-state index in [9.17, 15) is 9.90 Å². The lowest BCUT2D eigenvalue weighted by Crippen LogP contribution is -2.13. The number of ether oxygens (including phenoxy) is 1. The third-order valence-electron chi connectivity index (χ3n) is 2.64. The van der Waals surface area contributed by atoms with Crippen LogP contribution in [-0.4, -0.2) is 17.6 Å². The van der Waals surface area contributed by atoms with E-state index < -0.39 is 0 Å². The molecule has 20 heavy (non-hydrogen) atoms. The van der Waals surface area contributed by atoms with Crippen molar-refractivity contribution >= 4 is 27.5 Å². The number of benzene rings is 2. The predicted molar refractivity (Wildman–Crippen MR) is 81.4 cm³/mol. The molecule has 0 spiro atoms. The number of carbonyl (C=O) groups is 1. The molecule has 0 aliphatic carbocycles. The molecule has 0 saturated heterocycles. The number of para-hydroxylation sites is 2. The van der Waals surface area contributed by atoms with E-state index in [4.69, 9.17) is 4.74 Å². The van der Waals surface area contributed by atoms with Gasteiger partial charge in [-0.1, -0.05) is 28.1 Å². The first-order valence-electron chi connectivity index (χ1n) is 6.13. The molecule has 5 heteroatoms. The summed E-state index contributed by atoms with van der Waals surface area (Å²) in [6.07, 6.45) is 0. The van der Waals surface area contributed by atoms with E-state index in [1.165, 1.54) is 6.07 Å². The molecule has 0 aliphatic rings. The Bertz CT molecular complexity index is 628. The van der Waals surface area contributed by atoms with Crippen molar-refractivity contribution in [3.63, 3.8) is 0 Å². The lowest BCUT2D eigenvalue weighted by molar-refractivity contribution is 0.102. The topological polar surface area (TPSA) is 58.6 Å². The third kappa shape index (κ3) is 3.30. The maximum atomic E-state index is 12.2. The number of anilines is 1. The lowest BCUT2D eigenvalue weighted by atomic mass is 10.2. The first-order chi connectivity index (χ1) is 9.61. The first kappa shape index (κ1) is 14.4. The van der Waals surface area contributed by atoms with E-state index in [0.29, 0.717) is 22.5 Å². The average Bonchev–Trinajstić information content (AvgIpc) is 2.41. The molecule has 2 aromatic rings. The minimum atomic E-state index is -0.387. The number of phenols is 1. The number of hydrogen-bond donors (Lipinski definition) is 2. The number of carbonyl (C=O) groups excluding carboxylic acids is 1. The average molecular weight is 336 g/mol. The molecule has 2 N–H and O–H groups in total. The van der Waals surface area contributed by atoms with Crippen molar-refractivity contribution in [3.05, 3.63) is 52.5 Å². The Balaban J connectivity index is 2.23. The van der Waals surface area contributed by atoms with Crippen LogP contribution in [-0.2, 0) is 0 Å². The van der Waals surface area contributed by atoms with Crippen molar-refractivity contribution in [2.24, 2.45) is 0 Å². The number of hydrogen-bond acceptors (Lipinski definition) is 3. The van der Waals surface area contributed by atoms with Crippen LogP contribution in [0.15, 0.2) is 46.9 Å². The Labute approximate surface area is 125 Å². The van der Waals surface area contributed by atoms with Crippen LogP contribution in [0, 0.1) is 0 Å². The summed E-state index contributed by atoms with van der Waals surface area (Å²) in [5.74, 6) is 0.132. The molecule has 0 atom stereocenters. The summed E-state index contributed by atoms with van der Waals surface area (Å²) in [6.45, 7) is 2.38. The van der Waals surface area contributed by atoms with Crippen molar-refractivity contribution in [2.45, 2.75) is 6.92 Å². The molecular weight excluding hydrogens is 322 g/mol. The number of rotatable bonds is 4. The van der Waals surface area contributed by atoms with Gasteiger partial charge in [0, 0.05) is 4.47 Å². The standard InChI is InChI=1S/C15H14BrNO3/c1-2-20-14-6-4-3-5-12(14)17-15(19)11-8-7-10(16)9-13(11)18/h3-9,18H,2H2,1H3,(H,17,19). The van der Waals surface area contributed by atoms with Crippen LogP contribution in [0.5, 0.6) is 11.5 Å². The highest BCUT2D eigenvalue weighted by atomic mass is 79.9. The van der Waals surface area contributed by atoms with Crippen molar-refractivity contribution in [1.29, 1.82) is 0 Å². The highest BCUT2D eigenvalue weighted by Gasteiger charge is 2.13. The number of nitrogens with one attached hydrogen (secondary N) is 1. The second kappa shape index (κ2) is 6.43. The molecule has 4 nitrogen and oxygen atoms in total. The Kier molecular flexibility index (Phi) is 4.63. The van der Waals surface area contributed by atoms with E-state index in [-0.39, 0.29) is 17.2 Å². The highest BCUT2D eigenvalue weighted by molar-refractivity contribution is 9.10. The Hall–Kier alpha value is -2.01. The van der Waals surface area contributed by atoms with Gasteiger partial charge in [-0.15, -0.1) is 0 Å². The summed E-state index contributed by atoms with van der Waals surface area (Å²) in [6, 6.07) is 11.9. The molecule has 0 fully saturated rings. The Morgan fingerprint density at radius 2 is 2.05 bits per heavy atom. The zero-order chi connectivity index (χ0) is 14.5. The zero-order valence-electron chi connectivity index (χ0n) is 10.9. The molecule has 0 unspecified atom stereocenters. The van der Waals surface area contributed by atoms with Crippen LogP contribution in [0.3, 0.4) is 0 Å². The summed E-state index contributed by atoms with van der Waals surface area (Å²) in [4.78, 5) is 12.2. The minimum absolute atomic E-state index is 0.0780. The quantitative estimate of drug-likeness (QED) is 0.893. The predicted octanol–water partition coefficient (Wildman–Crippen LogP) is 3.81. The molecule has 0 radical (unpaired) electrons. The van der Waals surface area contributed by atoms with Gasteiger partial charge in [0.05, 0.1) is 17.9 Å². The van der Waals surface area contributed by atoms with Crippen LogP contribution < -0.4 is 10.1 Å². The van der Waals surface area contributed by atoms with Crippen molar-refractivity contribution < 1.29 is 14.6 Å². The molecule has 1 amide bonds. The summed E-state index contributed by atoms with van der Waals surface area (Å²) in [5, 5.41) is 12.5. The van der Waals surface area contributed by atoms with E-state index in [1.54, 1.807) is 30.3 Å². The van der Waals surface area contributed by atoms with Gasteiger partial charge in [-0.05, 0) is 37.3 Å². The minimum Gasteiger partial charge on any atom is -0.507 e. The van der Waals surface area contributed by atoms with Crippen LogP contribution in [0.1, 0.15) is 17.3 Å². The molecule has 2 aromatic carbocycles. The van der Waals surface area contributed by atoms with Gasteiger partial charge >= 0.3 is 0 Å². The zero-order valence-corrected chi connectivity index (χ0v) is 12.5. The van der Waals surface area contributed by atoms with Crippen molar-refractivity contribution in [1.82, 2.24) is 0 Å². The first-order valence-corrected chi connectivity index (χ1v) is 6.93. The summed E-state index contributed by atoms with van der Waals surface area (Å²) in [5.41, 5.74) is 0.779. The van der Waals surface area contributed by atoms with E-state index in [1.807, 2.05) is 13.0 Å². The molecular formula is C15H14BrNO3. The van der Waals surface area contributed by atoms with Crippen LogP contribution in [0.25, 0.3) is 0 Å². The van der Waals surface area contributed by atoms with Crippen molar-refractivity contribution in [2.75, 3.05) is 11.9 Å². The number of aromatic hydroxyl groups is 1. The molecule has 0 bridgehead atoms. The molecule has 0 aliphatic heterocycles. The smallest absolute Gasteiger partial charge is 0.259 e. The van der Waals surface area contributed by atoms with Gasteiger partial charge in [0.2, 0.25) is 0 Å². The van der Waals surface area contributed by atoms with Gasteiger partial charge in [0.15, 0.2) is 0 Å². The maximum Gasteiger partial charge on any atom is 0.259 e. The molecule has 0 heterocycles. The normalized spacial score (nSPS) is 10.1. The molecule has 2 rings (SSSR count). The van der Waals surface area contributed by atoms with Crippen molar-refractivity contribution in [3.8, 4) is 11.5 Å². The van der Waals surface area contributed by atoms with E-state index >= 15 is 0 Å². The monoisotopic (exact) mass is 335 g/mol. The Morgan fingerprint density at radius 3 is 2.75 bits per heavy atom. The summed E-state index contributed by atoms with van der Waals surface area (Å²) in [7, 11) is 0. The van der Waals surface area contributed by atoms with Gasteiger partial charge in [-0.25, -0.2) is 0 Å². The second-order valence-electron chi connectivity index (χ2n) is 4.04. The van der Waals surface area contributed by atoms with Crippen LogP contribution in [0.4, 0.5) is 5.69 Å². The largest absolute Gasteiger partial charge is 0.507 e. The summed E-state index contributed by atoms with van der Waals surface area (Å²) >= 11 is 3.23. The van der Waals surface area contributed by atoms with E-state index in [2.05, 4.69) is 21.2 Å². The fourth-order valence-electron chi connectivity index (χ4n) is 1.74. The second-order valence-corrected chi connectivity index (χ2v) is 4.96. The highest BCUT2D eigenvalue weighted by Crippen LogP contribution is 2.27. The number of halogens is 1. The van der Waals surface area contributed by atoms with Gasteiger partial charge in [-0.2, -0.15) is 0 Å². The number of phenolic OH excluding ortho intramolecular Hbond substituents is 1. The molecule has 0 saturated carbocycles. The van der Waals surface area contributed by atoms with Gasteiger partial charge in [0.25, 0.3) is 5.91 Å². The van der Waals surface area contributed by atoms with Gasteiger partial charge in [-0.3, -0.25) is 4.79 Å². The molecule has 0 aromatic heterocycles. The van der Waals surface area contributed by atoms with Crippen LogP contribution in [0.2, 0.25) is 0 Å². The summed E-state index contributed by atoms with van der Waals surface area (Å²) < 4.78 is 6.15. The van der Waals surface area contributed by atoms with Gasteiger partial charge in [0.1, 0.15) is 11.5 Å². The fraction of sp³-hybridized carbons (Fsp3) is 0.133. The Morgan fingerprint density at radius 1 is 1.30 bits per heavy atom. The number of amides is 1. The van der Waals surface area contributed by atoms with E-state index in [0.717, 1.165) is 0 Å². The molecule has 104 valence electrons. The van der Waals surface area contributed by atoms with Crippen LogP contribution >= 0.6 is 15.9 Å². The lowest BCUT2D eigenvalue weighted by Gasteiger charge is -2.11. The SMILES string of the molecule is CCOc1ccccc1NC(=O)c1ccc(Br)cc1O. The third-order valence-corrected chi connectivity index (χ3v) is 3.13. The fourth-order valence-corrected chi connectivity index (χ4v) is 2.09.